The summed E-state index contributed by atoms with van der Waals surface area (Å²) in [6.07, 6.45) is 11.6. The Bertz CT molecular complexity index is 103. The fourth-order valence-electron chi connectivity index (χ4n) is 0.737. The lowest BCUT2D eigenvalue weighted by Gasteiger charge is -1.89. The zero-order valence-electron chi connectivity index (χ0n) is 6.59. The van der Waals surface area contributed by atoms with Gasteiger partial charge in [-0.1, -0.05) is 31.9 Å². The molecule has 1 heteroatoms. The van der Waals surface area contributed by atoms with Gasteiger partial charge in [0.1, 0.15) is 0 Å². The molecule has 0 heterocycles. The first-order valence-corrected chi connectivity index (χ1v) is 3.87. The SMILES string of the molecule is CCCCCC=C/C=C/O. The van der Waals surface area contributed by atoms with Gasteiger partial charge in [0.25, 0.3) is 0 Å². The van der Waals surface area contributed by atoms with Crippen LogP contribution < -0.4 is 0 Å². The third-order valence-corrected chi connectivity index (χ3v) is 1.31. The Morgan fingerprint density at radius 2 is 2.00 bits per heavy atom. The van der Waals surface area contributed by atoms with E-state index < -0.39 is 0 Å². The lowest BCUT2D eigenvalue weighted by Crippen LogP contribution is -1.69. The molecule has 1 nitrogen and oxygen atoms in total. The molecule has 0 aliphatic carbocycles. The van der Waals surface area contributed by atoms with Crippen molar-refractivity contribution in [2.75, 3.05) is 0 Å². The molecular weight excluding hydrogens is 124 g/mol. The van der Waals surface area contributed by atoms with Gasteiger partial charge in [-0.3, -0.25) is 0 Å². The molecule has 10 heavy (non-hydrogen) atoms. The van der Waals surface area contributed by atoms with E-state index in [0.717, 1.165) is 12.7 Å². The first-order valence-electron chi connectivity index (χ1n) is 3.87. The largest absolute Gasteiger partial charge is 0.516 e. The van der Waals surface area contributed by atoms with Gasteiger partial charge in [-0.2, -0.15) is 0 Å². The highest BCUT2D eigenvalue weighted by atomic mass is 16.2. The van der Waals surface area contributed by atoms with Crippen LogP contribution in [0.25, 0.3) is 0 Å². The predicted octanol–water partition coefficient (Wildman–Crippen LogP) is 3.19. The van der Waals surface area contributed by atoms with E-state index >= 15 is 0 Å². The summed E-state index contributed by atoms with van der Waals surface area (Å²) in [6, 6.07) is 0. The van der Waals surface area contributed by atoms with Crippen LogP contribution in [-0.4, -0.2) is 5.11 Å². The minimum absolute atomic E-state index is 1.05. The molecule has 0 rings (SSSR count). The van der Waals surface area contributed by atoms with Crippen LogP contribution in [-0.2, 0) is 0 Å². The fourth-order valence-corrected chi connectivity index (χ4v) is 0.737. The van der Waals surface area contributed by atoms with E-state index in [-0.39, 0.29) is 0 Å². The lowest BCUT2D eigenvalue weighted by atomic mass is 10.2. The van der Waals surface area contributed by atoms with Crippen LogP contribution in [0.15, 0.2) is 24.5 Å². The molecule has 0 saturated heterocycles. The molecule has 1 N–H and O–H groups in total. The third-order valence-electron chi connectivity index (χ3n) is 1.31. The topological polar surface area (TPSA) is 20.2 Å². The van der Waals surface area contributed by atoms with E-state index in [4.69, 9.17) is 5.11 Å². The van der Waals surface area contributed by atoms with E-state index in [9.17, 15) is 0 Å². The Morgan fingerprint density at radius 3 is 2.60 bits per heavy atom. The standard InChI is InChI=1S/C9H16O/c1-2-3-4-5-6-7-8-9-10/h6-10H,2-5H2,1H3/b7-6?,9-8+. The molecule has 0 aromatic heterocycles. The quantitative estimate of drug-likeness (QED) is 0.353. The van der Waals surface area contributed by atoms with Crippen LogP contribution in [0.5, 0.6) is 0 Å². The number of aliphatic hydroxyl groups excluding tert-OH is 1. The van der Waals surface area contributed by atoms with Gasteiger partial charge in [-0.25, -0.2) is 0 Å². The molecule has 0 saturated carbocycles. The van der Waals surface area contributed by atoms with Crippen molar-refractivity contribution in [2.24, 2.45) is 0 Å². The molecule has 0 aromatic rings. The Morgan fingerprint density at radius 1 is 1.20 bits per heavy atom. The van der Waals surface area contributed by atoms with E-state index in [0.29, 0.717) is 0 Å². The molecule has 0 spiro atoms. The summed E-state index contributed by atoms with van der Waals surface area (Å²) in [4.78, 5) is 0. The summed E-state index contributed by atoms with van der Waals surface area (Å²) in [5, 5.41) is 8.24. The van der Waals surface area contributed by atoms with Crippen molar-refractivity contribution < 1.29 is 5.11 Å². The number of hydrogen-bond donors (Lipinski definition) is 1. The van der Waals surface area contributed by atoms with Crippen molar-refractivity contribution in [3.8, 4) is 0 Å². The van der Waals surface area contributed by atoms with E-state index in [1.807, 2.05) is 6.08 Å². The molecule has 0 atom stereocenters. The molecular formula is C9H16O. The van der Waals surface area contributed by atoms with Crippen LogP contribution in [0.1, 0.15) is 32.6 Å². The highest BCUT2D eigenvalue weighted by Crippen LogP contribution is 1.99. The molecule has 0 aliphatic heterocycles. The summed E-state index contributed by atoms with van der Waals surface area (Å²) in [6.45, 7) is 2.19. The van der Waals surface area contributed by atoms with Crippen LogP contribution in [0, 0.1) is 0 Å². The van der Waals surface area contributed by atoms with Crippen molar-refractivity contribution in [3.63, 3.8) is 0 Å². The summed E-state index contributed by atoms with van der Waals surface area (Å²) in [5.74, 6) is 0. The molecule has 0 bridgehead atoms. The number of hydrogen-bond acceptors (Lipinski definition) is 1. The molecule has 0 aromatic carbocycles. The first kappa shape index (κ1) is 9.28. The van der Waals surface area contributed by atoms with Gasteiger partial charge in [-0.05, 0) is 18.9 Å². The maximum atomic E-state index is 8.24. The van der Waals surface area contributed by atoms with Crippen molar-refractivity contribution >= 4 is 0 Å². The Labute approximate surface area is 63.1 Å². The van der Waals surface area contributed by atoms with Crippen LogP contribution in [0.2, 0.25) is 0 Å². The van der Waals surface area contributed by atoms with Gasteiger partial charge < -0.3 is 5.11 Å². The zero-order valence-corrected chi connectivity index (χ0v) is 6.59. The number of unbranched alkanes of at least 4 members (excludes halogenated alkanes) is 3. The van der Waals surface area contributed by atoms with E-state index in [2.05, 4.69) is 13.0 Å². The van der Waals surface area contributed by atoms with Crippen LogP contribution in [0.4, 0.5) is 0 Å². The summed E-state index contributed by atoms with van der Waals surface area (Å²) < 4.78 is 0. The van der Waals surface area contributed by atoms with Crippen LogP contribution in [0.3, 0.4) is 0 Å². The van der Waals surface area contributed by atoms with E-state index in [1.54, 1.807) is 6.08 Å². The molecule has 0 fully saturated rings. The minimum Gasteiger partial charge on any atom is -0.516 e. The number of allylic oxidation sites excluding steroid dienone is 3. The third kappa shape index (κ3) is 7.28. The zero-order chi connectivity index (χ0) is 7.66. The normalized spacial score (nSPS) is 11.7. The summed E-state index contributed by atoms with van der Waals surface area (Å²) in [7, 11) is 0. The van der Waals surface area contributed by atoms with Crippen molar-refractivity contribution in [2.45, 2.75) is 32.6 Å². The highest BCUT2D eigenvalue weighted by Gasteiger charge is 1.79. The molecule has 0 amide bonds. The second-order valence-electron chi connectivity index (χ2n) is 2.27. The Balaban J connectivity index is 3.02. The number of rotatable bonds is 5. The van der Waals surface area contributed by atoms with Gasteiger partial charge in [-0.15, -0.1) is 0 Å². The molecule has 58 valence electrons. The maximum Gasteiger partial charge on any atom is 0.0791 e. The van der Waals surface area contributed by atoms with Gasteiger partial charge in [0.15, 0.2) is 0 Å². The minimum atomic E-state index is 1.05. The van der Waals surface area contributed by atoms with Gasteiger partial charge in [0.05, 0.1) is 6.26 Å². The maximum absolute atomic E-state index is 8.24. The van der Waals surface area contributed by atoms with Crippen LogP contribution >= 0.6 is 0 Å². The summed E-state index contributed by atoms with van der Waals surface area (Å²) in [5.41, 5.74) is 0. The average Bonchev–Trinajstić information content (AvgIpc) is 1.97. The van der Waals surface area contributed by atoms with Gasteiger partial charge in [0.2, 0.25) is 0 Å². The smallest absolute Gasteiger partial charge is 0.0791 e. The average molecular weight is 140 g/mol. The van der Waals surface area contributed by atoms with Crippen molar-refractivity contribution in [1.29, 1.82) is 0 Å². The first-order chi connectivity index (χ1) is 4.91. The second kappa shape index (κ2) is 8.28. The highest BCUT2D eigenvalue weighted by molar-refractivity contribution is 4.98. The van der Waals surface area contributed by atoms with Gasteiger partial charge in [0, 0.05) is 0 Å². The lowest BCUT2D eigenvalue weighted by molar-refractivity contribution is 0.473. The van der Waals surface area contributed by atoms with E-state index in [1.165, 1.54) is 19.3 Å². The monoisotopic (exact) mass is 140 g/mol. The van der Waals surface area contributed by atoms with Crippen molar-refractivity contribution in [3.05, 3.63) is 24.5 Å². The van der Waals surface area contributed by atoms with Crippen molar-refractivity contribution in [1.82, 2.24) is 0 Å². The molecule has 0 unspecified atom stereocenters. The summed E-state index contributed by atoms with van der Waals surface area (Å²) >= 11 is 0. The van der Waals surface area contributed by atoms with Gasteiger partial charge >= 0.3 is 0 Å². The molecule has 0 aliphatic rings. The Hall–Kier alpha value is -0.720. The predicted molar refractivity (Wildman–Crippen MR) is 45.1 cm³/mol. The fraction of sp³-hybridized carbons (Fsp3) is 0.556. The Kier molecular flexibility index (Phi) is 7.68. The second-order valence-corrected chi connectivity index (χ2v) is 2.27. The molecule has 0 radical (unpaired) electrons. The number of aliphatic hydroxyl groups is 1.